The van der Waals surface area contributed by atoms with Crippen molar-refractivity contribution in [2.24, 2.45) is 17.8 Å². The van der Waals surface area contributed by atoms with E-state index >= 15 is 0 Å². The van der Waals surface area contributed by atoms with Crippen molar-refractivity contribution in [1.29, 1.82) is 0 Å². The van der Waals surface area contributed by atoms with Crippen LogP contribution in [0.2, 0.25) is 0 Å². The monoisotopic (exact) mass is 500 g/mol. The molecule has 0 fully saturated rings. The van der Waals surface area contributed by atoms with Gasteiger partial charge in [-0.15, -0.1) is 0 Å². The fraction of sp³-hybridized carbons (Fsp3) is 0.385. The molecule has 0 radical (unpaired) electrons. The molecule has 1 aliphatic rings. The first-order chi connectivity index (χ1) is 16.9. The van der Waals surface area contributed by atoms with Crippen LogP contribution in [-0.4, -0.2) is 50.2 Å². The largest absolute Gasteiger partial charge is 0.507 e. The number of aldehydes is 3. The molecule has 2 aromatic rings. The molecule has 36 heavy (non-hydrogen) atoms. The minimum absolute atomic E-state index is 0.00743. The summed E-state index contributed by atoms with van der Waals surface area (Å²) in [4.78, 5) is 47.9. The number of Topliss-reactive ketones (excluding diaryl/α,β-unsaturated/α-hetero) is 1. The molecule has 0 saturated carbocycles. The zero-order valence-corrected chi connectivity index (χ0v) is 20.2. The summed E-state index contributed by atoms with van der Waals surface area (Å²) in [6, 6.07) is 0. The molecule has 1 aliphatic heterocycles. The van der Waals surface area contributed by atoms with E-state index < -0.39 is 68.8 Å². The molecule has 1 heterocycles. The average molecular weight is 501 g/mol. The fourth-order valence-electron chi connectivity index (χ4n) is 4.63. The van der Waals surface area contributed by atoms with Gasteiger partial charge in [0.05, 0.1) is 22.3 Å². The quantitative estimate of drug-likeness (QED) is 0.264. The SMILES string of the molecule is CC(C)CC(=O)c1c(O)c(C=O)c2c(c1O)CC(C(C)C)C(c1c(O)c(C=O)c(O)c(C=O)c1O)O2. The van der Waals surface area contributed by atoms with Crippen molar-refractivity contribution in [2.45, 2.75) is 46.6 Å². The van der Waals surface area contributed by atoms with Crippen molar-refractivity contribution < 1.29 is 49.4 Å². The van der Waals surface area contributed by atoms with Crippen LogP contribution in [0.15, 0.2) is 0 Å². The van der Waals surface area contributed by atoms with E-state index in [-0.39, 0.29) is 60.4 Å². The van der Waals surface area contributed by atoms with Crippen LogP contribution in [0.5, 0.6) is 34.5 Å². The van der Waals surface area contributed by atoms with E-state index in [1.165, 1.54) is 0 Å². The molecule has 2 atom stereocenters. The van der Waals surface area contributed by atoms with E-state index in [1.54, 1.807) is 27.7 Å². The molecular weight excluding hydrogens is 472 g/mol. The van der Waals surface area contributed by atoms with Crippen LogP contribution in [0.1, 0.15) is 92.8 Å². The minimum Gasteiger partial charge on any atom is -0.507 e. The molecule has 0 aliphatic carbocycles. The lowest BCUT2D eigenvalue weighted by atomic mass is 9.77. The van der Waals surface area contributed by atoms with Crippen molar-refractivity contribution in [3.05, 3.63) is 33.4 Å². The standard InChI is InChI=1S/C26H28O10/c1-10(2)5-17(30)18-21(32)13-6-12(11(3)4)26(36-25(13)16(9-29)24(18)35)19-22(33)14(7-27)20(31)15(8-28)23(19)34/h7-12,26,31-35H,5-6H2,1-4H3. The lowest BCUT2D eigenvalue weighted by Gasteiger charge is -2.38. The van der Waals surface area contributed by atoms with Crippen LogP contribution >= 0.6 is 0 Å². The number of carbonyl (C=O) groups excluding carboxylic acids is 4. The zero-order valence-electron chi connectivity index (χ0n) is 20.2. The Labute approximate surface area is 206 Å². The second kappa shape index (κ2) is 9.88. The Hall–Kier alpha value is -4.08. The molecule has 5 N–H and O–H groups in total. The van der Waals surface area contributed by atoms with Gasteiger partial charge in [0.15, 0.2) is 24.6 Å². The highest BCUT2D eigenvalue weighted by Crippen LogP contribution is 2.54. The number of hydrogen-bond donors (Lipinski definition) is 5. The summed E-state index contributed by atoms with van der Waals surface area (Å²) in [5.74, 6) is -5.66. The first kappa shape index (κ1) is 26.5. The highest BCUT2D eigenvalue weighted by Gasteiger charge is 2.42. The highest BCUT2D eigenvalue weighted by molar-refractivity contribution is 6.05. The number of rotatable bonds is 8. The maximum Gasteiger partial charge on any atom is 0.170 e. The summed E-state index contributed by atoms with van der Waals surface area (Å²) < 4.78 is 6.00. The van der Waals surface area contributed by atoms with Gasteiger partial charge >= 0.3 is 0 Å². The van der Waals surface area contributed by atoms with Crippen LogP contribution in [0, 0.1) is 17.8 Å². The van der Waals surface area contributed by atoms with Gasteiger partial charge in [0.2, 0.25) is 0 Å². The van der Waals surface area contributed by atoms with Crippen LogP contribution in [0.4, 0.5) is 0 Å². The maximum atomic E-state index is 12.8. The van der Waals surface area contributed by atoms with Gasteiger partial charge in [-0.3, -0.25) is 19.2 Å². The second-order valence-electron chi connectivity index (χ2n) is 9.61. The van der Waals surface area contributed by atoms with Gasteiger partial charge in [0.1, 0.15) is 46.2 Å². The summed E-state index contributed by atoms with van der Waals surface area (Å²) in [6.45, 7) is 7.13. The summed E-state index contributed by atoms with van der Waals surface area (Å²) in [5.41, 5.74) is -2.38. The molecule has 0 aromatic heterocycles. The lowest BCUT2D eigenvalue weighted by molar-refractivity contribution is 0.0768. The Bertz CT molecular complexity index is 1220. The molecule has 2 unspecified atom stereocenters. The second-order valence-corrected chi connectivity index (χ2v) is 9.61. The Morgan fingerprint density at radius 1 is 0.833 bits per heavy atom. The van der Waals surface area contributed by atoms with E-state index in [9.17, 15) is 44.7 Å². The highest BCUT2D eigenvalue weighted by atomic mass is 16.5. The predicted octanol–water partition coefficient (Wildman–Crippen LogP) is 3.83. The summed E-state index contributed by atoms with van der Waals surface area (Å²) in [5, 5.41) is 53.3. The molecule has 0 spiro atoms. The topological polar surface area (TPSA) is 179 Å². The molecule has 3 rings (SSSR count). The Balaban J connectivity index is 2.33. The number of hydrogen-bond acceptors (Lipinski definition) is 10. The first-order valence-electron chi connectivity index (χ1n) is 11.4. The van der Waals surface area contributed by atoms with E-state index in [0.29, 0.717) is 0 Å². The van der Waals surface area contributed by atoms with Crippen molar-refractivity contribution in [1.82, 2.24) is 0 Å². The van der Waals surface area contributed by atoms with Gasteiger partial charge in [-0.2, -0.15) is 0 Å². The molecule has 10 nitrogen and oxygen atoms in total. The van der Waals surface area contributed by atoms with E-state index in [4.69, 9.17) is 4.74 Å². The van der Waals surface area contributed by atoms with E-state index in [2.05, 4.69) is 0 Å². The fourth-order valence-corrected chi connectivity index (χ4v) is 4.63. The first-order valence-corrected chi connectivity index (χ1v) is 11.4. The van der Waals surface area contributed by atoms with Gasteiger partial charge in [-0.1, -0.05) is 27.7 Å². The molecule has 10 heteroatoms. The number of carbonyl (C=O) groups is 4. The molecule has 192 valence electrons. The molecule has 0 saturated heterocycles. The van der Waals surface area contributed by atoms with Crippen LogP contribution in [0.25, 0.3) is 0 Å². The number of ether oxygens (including phenoxy) is 1. The van der Waals surface area contributed by atoms with Gasteiger partial charge < -0.3 is 30.3 Å². The maximum absolute atomic E-state index is 12.8. The van der Waals surface area contributed by atoms with E-state index in [1.807, 2.05) is 0 Å². The van der Waals surface area contributed by atoms with Crippen LogP contribution < -0.4 is 4.74 Å². The van der Waals surface area contributed by atoms with Crippen LogP contribution in [-0.2, 0) is 6.42 Å². The van der Waals surface area contributed by atoms with Gasteiger partial charge in [0.25, 0.3) is 0 Å². The van der Waals surface area contributed by atoms with Crippen LogP contribution in [0.3, 0.4) is 0 Å². The molecular formula is C26H28O10. The Kier molecular flexibility index (Phi) is 7.28. The zero-order chi connectivity index (χ0) is 27.1. The third-order valence-corrected chi connectivity index (χ3v) is 6.50. The third kappa shape index (κ3) is 4.12. The third-order valence-electron chi connectivity index (χ3n) is 6.50. The number of fused-ring (bicyclic) bond motifs is 1. The molecule has 0 bridgehead atoms. The molecule has 2 aromatic carbocycles. The van der Waals surface area contributed by atoms with E-state index in [0.717, 1.165) is 0 Å². The summed E-state index contributed by atoms with van der Waals surface area (Å²) in [7, 11) is 0. The van der Waals surface area contributed by atoms with Crippen molar-refractivity contribution in [2.75, 3.05) is 0 Å². The van der Waals surface area contributed by atoms with Gasteiger partial charge in [0, 0.05) is 17.9 Å². The number of ketones is 1. The van der Waals surface area contributed by atoms with Crippen molar-refractivity contribution in [3.8, 4) is 34.5 Å². The number of aromatic hydroxyl groups is 5. The minimum atomic E-state index is -1.27. The average Bonchev–Trinajstić information content (AvgIpc) is 2.79. The predicted molar refractivity (Wildman–Crippen MR) is 127 cm³/mol. The summed E-state index contributed by atoms with van der Waals surface area (Å²) >= 11 is 0. The summed E-state index contributed by atoms with van der Waals surface area (Å²) in [6.07, 6.45) is -0.792. The smallest absolute Gasteiger partial charge is 0.170 e. The van der Waals surface area contributed by atoms with Gasteiger partial charge in [-0.25, -0.2) is 0 Å². The Morgan fingerprint density at radius 2 is 1.36 bits per heavy atom. The van der Waals surface area contributed by atoms with Crippen molar-refractivity contribution in [3.63, 3.8) is 0 Å². The normalized spacial score (nSPS) is 16.9. The van der Waals surface area contributed by atoms with Crippen molar-refractivity contribution >= 4 is 24.6 Å². The number of phenols is 5. The van der Waals surface area contributed by atoms with Gasteiger partial charge in [-0.05, 0) is 18.3 Å². The molecule has 0 amide bonds. The lowest BCUT2D eigenvalue weighted by Crippen LogP contribution is -2.31. The number of phenolic OH excluding ortho intramolecular Hbond substituents is 5. The number of benzene rings is 2. The Morgan fingerprint density at radius 3 is 1.81 bits per heavy atom.